The second kappa shape index (κ2) is 5.52. The Morgan fingerprint density at radius 2 is 2.50 bits per heavy atom. The van der Waals surface area contributed by atoms with E-state index in [4.69, 9.17) is 15.4 Å². The van der Waals surface area contributed by atoms with E-state index in [2.05, 4.69) is 15.0 Å². The second-order valence-electron chi connectivity index (χ2n) is 3.72. The molecule has 2 rings (SSSR count). The number of hydrogen-bond donors (Lipinski definition) is 1. The molecule has 0 atom stereocenters. The summed E-state index contributed by atoms with van der Waals surface area (Å²) in [5.74, 6) is -1.28. The van der Waals surface area contributed by atoms with Crippen molar-refractivity contribution in [2.75, 3.05) is 0 Å². The number of aliphatic carboxylic acids is 1. The zero-order valence-electron chi connectivity index (χ0n) is 9.31. The molecule has 0 radical (unpaired) electrons. The van der Waals surface area contributed by atoms with Gasteiger partial charge in [0.15, 0.2) is 0 Å². The van der Waals surface area contributed by atoms with Crippen molar-refractivity contribution in [3.8, 4) is 5.19 Å². The van der Waals surface area contributed by atoms with Crippen LogP contribution in [0.15, 0.2) is 17.0 Å². The summed E-state index contributed by atoms with van der Waals surface area (Å²) in [5, 5.41) is 12.4. The van der Waals surface area contributed by atoms with Crippen LogP contribution in [0.3, 0.4) is 0 Å². The first-order chi connectivity index (χ1) is 8.69. The Balaban J connectivity index is 2.10. The van der Waals surface area contributed by atoms with Crippen LogP contribution in [0.5, 0.6) is 5.19 Å². The summed E-state index contributed by atoms with van der Waals surface area (Å²) in [6.45, 7) is 0. The van der Waals surface area contributed by atoms with Crippen LogP contribution in [0, 0.1) is 0 Å². The number of carboxylic acid groups (broad SMARTS) is 1. The smallest absolute Gasteiger partial charge is 0.338 e. The van der Waals surface area contributed by atoms with E-state index < -0.39 is 5.97 Å². The molecule has 0 spiro atoms. The Hall–Kier alpha value is -2.05. The average molecular weight is 266 g/mol. The Kier molecular flexibility index (Phi) is 3.81. The van der Waals surface area contributed by atoms with Gasteiger partial charge in [-0.1, -0.05) is 16.5 Å². The number of carbonyl (C=O) groups is 1. The van der Waals surface area contributed by atoms with Crippen molar-refractivity contribution < 1.29 is 14.6 Å². The molecular weight excluding hydrogens is 256 g/mol. The third-order valence-corrected chi connectivity index (χ3v) is 3.31. The van der Waals surface area contributed by atoms with Crippen LogP contribution < -0.4 is 4.74 Å². The zero-order valence-corrected chi connectivity index (χ0v) is 10.1. The Morgan fingerprint density at radius 1 is 1.72 bits per heavy atom. The Bertz CT molecular complexity index is 525. The van der Waals surface area contributed by atoms with Gasteiger partial charge in [-0.15, -0.1) is 0 Å². The van der Waals surface area contributed by atoms with Crippen LogP contribution in [-0.4, -0.2) is 22.2 Å². The van der Waals surface area contributed by atoms with Crippen molar-refractivity contribution in [3.63, 3.8) is 0 Å². The van der Waals surface area contributed by atoms with Crippen LogP contribution >= 0.6 is 11.3 Å². The van der Waals surface area contributed by atoms with E-state index in [0.29, 0.717) is 10.1 Å². The number of carboxylic acids is 1. The van der Waals surface area contributed by atoms with Crippen molar-refractivity contribution in [2.24, 2.45) is 5.11 Å². The summed E-state index contributed by atoms with van der Waals surface area (Å²) in [6, 6.07) is 0. The molecule has 0 unspecified atom stereocenters. The lowest BCUT2D eigenvalue weighted by atomic mass is 9.96. The molecule has 8 heteroatoms. The highest BCUT2D eigenvalue weighted by Crippen LogP contribution is 2.29. The lowest BCUT2D eigenvalue weighted by Gasteiger charge is -2.24. The molecule has 1 N–H and O–H groups in total. The van der Waals surface area contributed by atoms with Crippen molar-refractivity contribution in [2.45, 2.75) is 25.4 Å². The summed E-state index contributed by atoms with van der Waals surface area (Å²) in [5.41, 5.74) is 7.88. The van der Waals surface area contributed by atoms with E-state index in [1.807, 2.05) is 0 Å². The van der Waals surface area contributed by atoms with E-state index in [1.165, 1.54) is 30.0 Å². The molecule has 94 valence electrons. The molecule has 0 amide bonds. The zero-order chi connectivity index (χ0) is 13.0. The first kappa shape index (κ1) is 12.4. The van der Waals surface area contributed by atoms with Crippen LogP contribution in [0.2, 0.25) is 0 Å². The fourth-order valence-electron chi connectivity index (χ4n) is 1.34. The fraction of sp³-hybridized carbons (Fsp3) is 0.400. The molecule has 1 heterocycles. The molecule has 1 fully saturated rings. The van der Waals surface area contributed by atoms with Crippen molar-refractivity contribution in [1.29, 1.82) is 0 Å². The molecular formula is C10H10N4O3S. The van der Waals surface area contributed by atoms with Gasteiger partial charge in [0.1, 0.15) is 11.8 Å². The number of hydrogen-bond acceptors (Lipinski definition) is 5. The number of ether oxygens (including phenoxy) is 1. The van der Waals surface area contributed by atoms with Crippen molar-refractivity contribution in [1.82, 2.24) is 4.98 Å². The molecule has 1 aliphatic rings. The van der Waals surface area contributed by atoms with Crippen molar-refractivity contribution in [3.05, 3.63) is 27.2 Å². The van der Waals surface area contributed by atoms with Gasteiger partial charge in [-0.25, -0.2) is 9.78 Å². The van der Waals surface area contributed by atoms with Crippen LogP contribution in [0.4, 0.5) is 0 Å². The summed E-state index contributed by atoms with van der Waals surface area (Å²) in [6.07, 6.45) is 6.22. The number of nitrogens with zero attached hydrogens (tertiary/aromatic N) is 4. The average Bonchev–Trinajstić information content (AvgIpc) is 2.70. The Labute approximate surface area is 106 Å². The Morgan fingerprint density at radius 3 is 3.06 bits per heavy atom. The molecule has 1 saturated carbocycles. The monoisotopic (exact) mass is 266 g/mol. The van der Waals surface area contributed by atoms with Gasteiger partial charge >= 0.3 is 5.97 Å². The predicted molar refractivity (Wildman–Crippen MR) is 65.1 cm³/mol. The van der Waals surface area contributed by atoms with E-state index >= 15 is 0 Å². The number of rotatable bonds is 5. The van der Waals surface area contributed by atoms with E-state index in [-0.39, 0.29) is 11.8 Å². The normalized spacial score (nSPS) is 15.7. The van der Waals surface area contributed by atoms with Gasteiger partial charge in [0, 0.05) is 11.1 Å². The molecule has 7 nitrogen and oxygen atoms in total. The quantitative estimate of drug-likeness (QED) is 0.382. The van der Waals surface area contributed by atoms with Gasteiger partial charge in [-0.3, -0.25) is 0 Å². The minimum Gasteiger partial charge on any atom is -0.478 e. The number of thiazole rings is 1. The lowest BCUT2D eigenvalue weighted by molar-refractivity contribution is -0.132. The largest absolute Gasteiger partial charge is 0.478 e. The molecule has 0 bridgehead atoms. The van der Waals surface area contributed by atoms with E-state index in [1.54, 1.807) is 0 Å². The van der Waals surface area contributed by atoms with E-state index in [0.717, 1.165) is 12.8 Å². The van der Waals surface area contributed by atoms with Gasteiger partial charge in [-0.2, -0.15) is 0 Å². The first-order valence-corrected chi connectivity index (χ1v) is 6.13. The molecule has 1 aromatic rings. The van der Waals surface area contributed by atoms with Crippen LogP contribution in [0.25, 0.3) is 16.5 Å². The van der Waals surface area contributed by atoms with Gasteiger partial charge in [-0.05, 0) is 30.9 Å². The highest BCUT2D eigenvalue weighted by Gasteiger charge is 2.20. The summed E-state index contributed by atoms with van der Waals surface area (Å²) < 4.78 is 5.56. The topological polar surface area (TPSA) is 108 Å². The van der Waals surface area contributed by atoms with Gasteiger partial charge < -0.3 is 9.84 Å². The second-order valence-corrected chi connectivity index (χ2v) is 4.75. The molecule has 0 aromatic carbocycles. The highest BCUT2D eigenvalue weighted by atomic mass is 32.1. The minimum atomic E-state index is -1.28. The highest BCUT2D eigenvalue weighted by molar-refractivity contribution is 7.14. The summed E-state index contributed by atoms with van der Waals surface area (Å²) >= 11 is 1.23. The molecule has 1 aromatic heterocycles. The standard InChI is InChI=1S/C10H10N4O3S/c11-14-13-8(9(15)16)4-7-5-12-10(18-7)17-6-2-1-3-6/h4-6H,1-3H2,(H,15,16)/b8-4-. The lowest BCUT2D eigenvalue weighted by Crippen LogP contribution is -2.24. The first-order valence-electron chi connectivity index (χ1n) is 5.31. The van der Waals surface area contributed by atoms with Gasteiger partial charge in [0.25, 0.3) is 5.19 Å². The van der Waals surface area contributed by atoms with Crippen molar-refractivity contribution >= 4 is 23.4 Å². The van der Waals surface area contributed by atoms with E-state index in [9.17, 15) is 4.79 Å². The fourth-order valence-corrected chi connectivity index (χ4v) is 2.11. The summed E-state index contributed by atoms with van der Waals surface area (Å²) in [4.78, 5) is 17.8. The van der Waals surface area contributed by atoms with Gasteiger partial charge in [0.2, 0.25) is 0 Å². The number of azide groups is 1. The molecule has 0 aliphatic heterocycles. The van der Waals surface area contributed by atoms with Crippen LogP contribution in [-0.2, 0) is 4.79 Å². The summed E-state index contributed by atoms with van der Waals surface area (Å²) in [7, 11) is 0. The maximum atomic E-state index is 10.8. The maximum absolute atomic E-state index is 10.8. The van der Waals surface area contributed by atoms with Gasteiger partial charge in [0.05, 0.1) is 4.88 Å². The predicted octanol–water partition coefficient (Wildman–Crippen LogP) is 2.81. The van der Waals surface area contributed by atoms with Crippen LogP contribution in [0.1, 0.15) is 24.1 Å². The maximum Gasteiger partial charge on any atom is 0.338 e. The third kappa shape index (κ3) is 2.99. The number of aromatic nitrogens is 1. The molecule has 0 saturated heterocycles. The SMILES string of the molecule is [N-]=[N+]=N/C(=C\c1cnc(OC2CCC2)s1)C(=O)O. The third-order valence-electron chi connectivity index (χ3n) is 2.47. The molecule has 18 heavy (non-hydrogen) atoms. The minimum absolute atomic E-state index is 0.226. The molecule has 1 aliphatic carbocycles.